The molecule has 0 saturated heterocycles. The van der Waals surface area contributed by atoms with Gasteiger partial charge >= 0.3 is 0 Å². The zero-order chi connectivity index (χ0) is 15.1. The van der Waals surface area contributed by atoms with Gasteiger partial charge in [-0.05, 0) is 32.0 Å². The van der Waals surface area contributed by atoms with Crippen LogP contribution in [0.1, 0.15) is 24.2 Å². The van der Waals surface area contributed by atoms with Gasteiger partial charge < -0.3 is 22.1 Å². The maximum Gasteiger partial charge on any atom is 0.253 e. The molecule has 1 amide bonds. The average molecular weight is 276 g/mol. The number of amides is 1. The van der Waals surface area contributed by atoms with Crippen LogP contribution in [-0.2, 0) is 0 Å². The average Bonchev–Trinajstić information content (AvgIpc) is 2.39. The molecule has 0 saturated carbocycles. The molecule has 0 heterocycles. The van der Waals surface area contributed by atoms with Gasteiger partial charge in [0.25, 0.3) is 5.91 Å². The molecule has 1 aromatic carbocycles. The van der Waals surface area contributed by atoms with Gasteiger partial charge in [-0.25, -0.2) is 4.99 Å². The normalized spacial score (nSPS) is 11.0. The van der Waals surface area contributed by atoms with Crippen LogP contribution in [0.15, 0.2) is 34.3 Å². The van der Waals surface area contributed by atoms with Gasteiger partial charge in [0, 0.05) is 18.7 Å². The fraction of sp³-hybridized carbons (Fsp3) is 0.308. The van der Waals surface area contributed by atoms with Crippen LogP contribution >= 0.6 is 0 Å². The Hall–Kier alpha value is -2.57. The Morgan fingerprint density at radius 3 is 2.40 bits per heavy atom. The van der Waals surface area contributed by atoms with E-state index in [1.54, 1.807) is 29.2 Å². The first-order valence-corrected chi connectivity index (χ1v) is 6.31. The van der Waals surface area contributed by atoms with Crippen molar-refractivity contribution in [3.05, 3.63) is 29.8 Å². The molecule has 0 unspecified atom stereocenters. The highest BCUT2D eigenvalue weighted by atomic mass is 16.2. The summed E-state index contributed by atoms with van der Waals surface area (Å²) >= 11 is 0. The predicted octanol–water partition coefficient (Wildman–Crippen LogP) is 0.388. The van der Waals surface area contributed by atoms with Crippen molar-refractivity contribution in [1.82, 2.24) is 4.90 Å². The first-order chi connectivity index (χ1) is 9.47. The molecule has 0 spiro atoms. The van der Waals surface area contributed by atoms with Gasteiger partial charge in [-0.15, -0.1) is 0 Å². The number of carbonyl (C=O) groups is 1. The van der Waals surface area contributed by atoms with Gasteiger partial charge in [0.2, 0.25) is 5.96 Å². The third kappa shape index (κ3) is 4.27. The molecule has 0 atom stereocenters. The van der Waals surface area contributed by atoms with Gasteiger partial charge in [-0.3, -0.25) is 4.79 Å². The summed E-state index contributed by atoms with van der Waals surface area (Å²) in [6, 6.07) is 6.83. The molecule has 0 aliphatic rings. The largest absolute Gasteiger partial charge is 0.370 e. The van der Waals surface area contributed by atoms with Crippen molar-refractivity contribution in [2.24, 2.45) is 27.2 Å². The number of benzene rings is 1. The second kappa shape index (κ2) is 7.13. The lowest BCUT2D eigenvalue weighted by molar-refractivity contribution is 0.0773. The van der Waals surface area contributed by atoms with Crippen molar-refractivity contribution < 1.29 is 4.79 Å². The fourth-order valence-electron chi connectivity index (χ4n) is 1.69. The first kappa shape index (κ1) is 15.5. The zero-order valence-electron chi connectivity index (χ0n) is 11.7. The van der Waals surface area contributed by atoms with Crippen LogP contribution < -0.4 is 17.2 Å². The number of nitrogens with two attached hydrogens (primary N) is 3. The highest BCUT2D eigenvalue weighted by Gasteiger charge is 2.12. The van der Waals surface area contributed by atoms with E-state index in [1.807, 2.05) is 13.8 Å². The molecule has 1 rings (SSSR count). The minimum Gasteiger partial charge on any atom is -0.370 e. The molecular formula is C13H20N6O. The van der Waals surface area contributed by atoms with Gasteiger partial charge in [0.05, 0.1) is 5.69 Å². The molecule has 1 aromatic rings. The lowest BCUT2D eigenvalue weighted by Gasteiger charge is -2.18. The van der Waals surface area contributed by atoms with Gasteiger partial charge in [0.1, 0.15) is 0 Å². The summed E-state index contributed by atoms with van der Waals surface area (Å²) in [5.74, 6) is -0.272. The zero-order valence-corrected chi connectivity index (χ0v) is 11.7. The fourth-order valence-corrected chi connectivity index (χ4v) is 1.69. The second-order valence-corrected chi connectivity index (χ2v) is 4.03. The van der Waals surface area contributed by atoms with Crippen molar-refractivity contribution in [3.63, 3.8) is 0 Å². The summed E-state index contributed by atoms with van der Waals surface area (Å²) in [6.45, 7) is 5.16. The number of aliphatic imine (C=N–C) groups is 2. The van der Waals surface area contributed by atoms with Crippen molar-refractivity contribution in [2.45, 2.75) is 13.8 Å². The van der Waals surface area contributed by atoms with E-state index >= 15 is 0 Å². The van der Waals surface area contributed by atoms with Crippen molar-refractivity contribution in [1.29, 1.82) is 0 Å². The van der Waals surface area contributed by atoms with E-state index in [9.17, 15) is 4.79 Å². The SMILES string of the molecule is CCN(CC)C(=O)c1cccc(N=C(N)N=C(N)N)c1. The molecule has 7 nitrogen and oxygen atoms in total. The van der Waals surface area contributed by atoms with E-state index in [0.29, 0.717) is 24.3 Å². The highest BCUT2D eigenvalue weighted by Crippen LogP contribution is 2.15. The Balaban J connectivity index is 3.02. The number of nitrogens with zero attached hydrogens (tertiary/aromatic N) is 3. The minimum atomic E-state index is -0.165. The summed E-state index contributed by atoms with van der Waals surface area (Å²) in [5.41, 5.74) is 17.0. The van der Waals surface area contributed by atoms with Gasteiger partial charge in [0.15, 0.2) is 5.96 Å². The van der Waals surface area contributed by atoms with Crippen LogP contribution in [0.5, 0.6) is 0 Å². The van der Waals surface area contributed by atoms with E-state index < -0.39 is 0 Å². The molecule has 7 heteroatoms. The number of hydrogen-bond donors (Lipinski definition) is 3. The third-order valence-electron chi connectivity index (χ3n) is 2.63. The first-order valence-electron chi connectivity index (χ1n) is 6.31. The number of guanidine groups is 2. The number of rotatable bonds is 4. The highest BCUT2D eigenvalue weighted by molar-refractivity contribution is 5.96. The summed E-state index contributed by atoms with van der Waals surface area (Å²) < 4.78 is 0. The van der Waals surface area contributed by atoms with Crippen LogP contribution in [0.25, 0.3) is 0 Å². The van der Waals surface area contributed by atoms with Gasteiger partial charge in [-0.2, -0.15) is 4.99 Å². The molecule has 20 heavy (non-hydrogen) atoms. The van der Waals surface area contributed by atoms with E-state index in [0.717, 1.165) is 0 Å². The topological polar surface area (TPSA) is 123 Å². The summed E-state index contributed by atoms with van der Waals surface area (Å²) in [5, 5.41) is 0. The van der Waals surface area contributed by atoms with Crippen LogP contribution in [0.3, 0.4) is 0 Å². The van der Waals surface area contributed by atoms with Gasteiger partial charge in [-0.1, -0.05) is 6.07 Å². The molecular weight excluding hydrogens is 256 g/mol. The molecule has 0 fully saturated rings. The molecule has 0 aliphatic heterocycles. The minimum absolute atomic E-state index is 0.0486. The Morgan fingerprint density at radius 1 is 1.20 bits per heavy atom. The third-order valence-corrected chi connectivity index (χ3v) is 2.63. The summed E-state index contributed by atoms with van der Waals surface area (Å²) in [4.78, 5) is 21.6. The number of carbonyl (C=O) groups excluding carboxylic acids is 1. The standard InChI is InChI=1S/C13H20N6O/c1-3-19(4-2)11(20)9-6-5-7-10(8-9)17-13(16)18-12(14)15/h5-8H,3-4H2,1-2H3,(H6,14,15,16,17,18). The van der Waals surface area contributed by atoms with Crippen molar-refractivity contribution >= 4 is 23.5 Å². The molecule has 0 aliphatic carbocycles. The maximum atomic E-state index is 12.2. The Labute approximate surface area is 118 Å². The molecule has 0 radical (unpaired) electrons. The molecule has 0 aromatic heterocycles. The monoisotopic (exact) mass is 276 g/mol. The lowest BCUT2D eigenvalue weighted by atomic mass is 10.1. The van der Waals surface area contributed by atoms with E-state index in [4.69, 9.17) is 17.2 Å². The summed E-state index contributed by atoms with van der Waals surface area (Å²) in [7, 11) is 0. The van der Waals surface area contributed by atoms with Crippen LogP contribution in [0, 0.1) is 0 Å². The summed E-state index contributed by atoms with van der Waals surface area (Å²) in [6.07, 6.45) is 0. The van der Waals surface area contributed by atoms with Crippen LogP contribution in [0.2, 0.25) is 0 Å². The van der Waals surface area contributed by atoms with Crippen molar-refractivity contribution in [3.8, 4) is 0 Å². The van der Waals surface area contributed by atoms with E-state index in [-0.39, 0.29) is 17.8 Å². The Morgan fingerprint density at radius 2 is 1.85 bits per heavy atom. The maximum absolute atomic E-state index is 12.2. The van der Waals surface area contributed by atoms with E-state index in [1.165, 1.54) is 0 Å². The predicted molar refractivity (Wildman–Crippen MR) is 80.8 cm³/mol. The quantitative estimate of drug-likeness (QED) is 0.543. The molecule has 108 valence electrons. The van der Waals surface area contributed by atoms with E-state index in [2.05, 4.69) is 9.98 Å². The Kier molecular flexibility index (Phi) is 5.52. The van der Waals surface area contributed by atoms with Crippen molar-refractivity contribution in [2.75, 3.05) is 13.1 Å². The second-order valence-electron chi connectivity index (χ2n) is 4.03. The van der Waals surface area contributed by atoms with Crippen LogP contribution in [0.4, 0.5) is 5.69 Å². The smallest absolute Gasteiger partial charge is 0.253 e. The van der Waals surface area contributed by atoms with Crippen LogP contribution in [-0.4, -0.2) is 35.8 Å². The Bertz CT molecular complexity index is 529. The lowest BCUT2D eigenvalue weighted by Crippen LogP contribution is -2.30. The molecule has 6 N–H and O–H groups in total. The molecule has 0 bridgehead atoms. The number of hydrogen-bond acceptors (Lipinski definition) is 2.